The minimum Gasteiger partial charge on any atom is -0.375 e. The van der Waals surface area contributed by atoms with E-state index in [9.17, 15) is 4.79 Å². The van der Waals surface area contributed by atoms with Crippen LogP contribution in [0.25, 0.3) is 10.9 Å². The normalized spacial score (nSPS) is 23.0. The van der Waals surface area contributed by atoms with Gasteiger partial charge >= 0.3 is 0 Å². The molecule has 0 unspecified atom stereocenters. The maximum absolute atomic E-state index is 12.8. The fourth-order valence-corrected chi connectivity index (χ4v) is 4.35. The molecule has 2 heterocycles. The van der Waals surface area contributed by atoms with E-state index < -0.39 is 0 Å². The van der Waals surface area contributed by atoms with Crippen molar-refractivity contribution < 1.29 is 9.53 Å². The first-order valence-corrected chi connectivity index (χ1v) is 9.60. The molecule has 0 bridgehead atoms. The minimum atomic E-state index is -0.155. The lowest BCUT2D eigenvalue weighted by molar-refractivity contribution is -0.0615. The summed E-state index contributed by atoms with van der Waals surface area (Å²) in [6, 6.07) is 6.27. The molecule has 0 saturated carbocycles. The number of hydrogen-bond donors (Lipinski definition) is 2. The summed E-state index contributed by atoms with van der Waals surface area (Å²) in [7, 11) is 0. The number of amides is 1. The highest BCUT2D eigenvalue weighted by Gasteiger charge is 2.30. The second-order valence-corrected chi connectivity index (χ2v) is 8.17. The Balaban J connectivity index is 1.56. The second kappa shape index (κ2) is 6.49. The third kappa shape index (κ3) is 3.45. The van der Waals surface area contributed by atoms with Crippen LogP contribution < -0.4 is 5.32 Å². The largest absolute Gasteiger partial charge is 0.375 e. The van der Waals surface area contributed by atoms with Crippen molar-refractivity contribution in [2.75, 3.05) is 6.61 Å². The van der Waals surface area contributed by atoms with Gasteiger partial charge < -0.3 is 15.0 Å². The lowest BCUT2D eigenvalue weighted by atomic mass is 9.93. The summed E-state index contributed by atoms with van der Waals surface area (Å²) in [4.78, 5) is 16.3. The molecule has 1 aromatic carbocycles. The molecule has 0 spiro atoms. The van der Waals surface area contributed by atoms with Crippen LogP contribution in [0.1, 0.15) is 67.6 Å². The quantitative estimate of drug-likeness (QED) is 0.808. The summed E-state index contributed by atoms with van der Waals surface area (Å²) >= 11 is 0. The number of carbonyl (C=O) groups is 1. The Hall–Kier alpha value is -1.81. The highest BCUT2D eigenvalue weighted by atomic mass is 16.5. The maximum atomic E-state index is 12.8. The topological polar surface area (TPSA) is 54.1 Å². The Labute approximate surface area is 149 Å². The molecule has 2 aliphatic rings. The predicted octanol–water partition coefficient (Wildman–Crippen LogP) is 4.12. The number of aromatic amines is 1. The number of aryl methyl sites for hydroxylation is 2. The van der Waals surface area contributed by atoms with Crippen molar-refractivity contribution in [1.29, 1.82) is 0 Å². The van der Waals surface area contributed by atoms with Crippen molar-refractivity contribution in [2.45, 2.75) is 70.4 Å². The molecule has 1 fully saturated rings. The SMILES string of the molecule is CC1(C)C[C@H](NC(=O)c2ccc3[nH]c4c(c3c2)CCCCC4)CCO1. The Morgan fingerprint density at radius 3 is 2.92 bits per heavy atom. The fraction of sp³-hybridized carbons (Fsp3) is 0.571. The van der Waals surface area contributed by atoms with E-state index in [1.165, 1.54) is 35.9 Å². The van der Waals surface area contributed by atoms with Crippen LogP contribution in [0, 0.1) is 0 Å². The molecule has 1 aliphatic carbocycles. The van der Waals surface area contributed by atoms with E-state index >= 15 is 0 Å². The first-order valence-electron chi connectivity index (χ1n) is 9.60. The molecule has 1 amide bonds. The summed E-state index contributed by atoms with van der Waals surface area (Å²) in [5.74, 6) is 0.0353. The van der Waals surface area contributed by atoms with Crippen LogP contribution in [0.4, 0.5) is 0 Å². The van der Waals surface area contributed by atoms with Gasteiger partial charge in [-0.3, -0.25) is 4.79 Å². The summed E-state index contributed by atoms with van der Waals surface area (Å²) in [6.07, 6.45) is 7.79. The van der Waals surface area contributed by atoms with Crippen LogP contribution >= 0.6 is 0 Å². The average molecular weight is 340 g/mol. The lowest BCUT2D eigenvalue weighted by Crippen LogP contribution is -2.45. The van der Waals surface area contributed by atoms with Crippen molar-refractivity contribution in [3.8, 4) is 0 Å². The molecule has 1 saturated heterocycles. The molecule has 2 N–H and O–H groups in total. The van der Waals surface area contributed by atoms with E-state index in [2.05, 4.69) is 36.3 Å². The number of aromatic nitrogens is 1. The molecule has 0 radical (unpaired) electrons. The van der Waals surface area contributed by atoms with Gasteiger partial charge in [0, 0.05) is 34.8 Å². The van der Waals surface area contributed by atoms with E-state index in [1.807, 2.05) is 6.07 Å². The molecular formula is C21H28N2O2. The van der Waals surface area contributed by atoms with Crippen LogP contribution in [0.15, 0.2) is 18.2 Å². The number of carbonyl (C=O) groups excluding carboxylic acids is 1. The second-order valence-electron chi connectivity index (χ2n) is 8.17. The predicted molar refractivity (Wildman–Crippen MR) is 100 cm³/mol. The summed E-state index contributed by atoms with van der Waals surface area (Å²) in [5, 5.41) is 4.44. The van der Waals surface area contributed by atoms with Gasteiger partial charge in [-0.05, 0) is 76.1 Å². The third-order valence-corrected chi connectivity index (χ3v) is 5.64. The smallest absolute Gasteiger partial charge is 0.251 e. The monoisotopic (exact) mass is 340 g/mol. The van der Waals surface area contributed by atoms with Crippen LogP contribution in [-0.4, -0.2) is 29.1 Å². The van der Waals surface area contributed by atoms with Gasteiger partial charge in [-0.2, -0.15) is 0 Å². The number of nitrogens with one attached hydrogen (secondary N) is 2. The lowest BCUT2D eigenvalue weighted by Gasteiger charge is -2.35. The Kier molecular flexibility index (Phi) is 4.32. The van der Waals surface area contributed by atoms with Gasteiger partial charge in [0.15, 0.2) is 0 Å². The van der Waals surface area contributed by atoms with Gasteiger partial charge in [0.1, 0.15) is 0 Å². The molecule has 1 aliphatic heterocycles. The van der Waals surface area contributed by atoms with Gasteiger partial charge in [-0.15, -0.1) is 0 Å². The van der Waals surface area contributed by atoms with Gasteiger partial charge in [0.2, 0.25) is 0 Å². The molecule has 25 heavy (non-hydrogen) atoms. The third-order valence-electron chi connectivity index (χ3n) is 5.64. The number of benzene rings is 1. The Morgan fingerprint density at radius 1 is 1.24 bits per heavy atom. The van der Waals surface area contributed by atoms with Crippen LogP contribution in [0.2, 0.25) is 0 Å². The zero-order valence-corrected chi connectivity index (χ0v) is 15.3. The number of rotatable bonds is 2. The van der Waals surface area contributed by atoms with Gasteiger partial charge in [-0.25, -0.2) is 0 Å². The summed E-state index contributed by atoms with van der Waals surface area (Å²) in [6.45, 7) is 4.89. The summed E-state index contributed by atoms with van der Waals surface area (Å²) < 4.78 is 5.75. The molecule has 4 nitrogen and oxygen atoms in total. The number of H-pyrrole nitrogens is 1. The van der Waals surface area contributed by atoms with Crippen molar-refractivity contribution in [3.63, 3.8) is 0 Å². The number of fused-ring (bicyclic) bond motifs is 3. The fourth-order valence-electron chi connectivity index (χ4n) is 4.35. The molecule has 134 valence electrons. The van der Waals surface area contributed by atoms with E-state index in [0.717, 1.165) is 36.8 Å². The number of ether oxygens (including phenoxy) is 1. The zero-order chi connectivity index (χ0) is 17.4. The van der Waals surface area contributed by atoms with E-state index in [0.29, 0.717) is 6.61 Å². The van der Waals surface area contributed by atoms with E-state index in [1.54, 1.807) is 0 Å². The maximum Gasteiger partial charge on any atom is 0.251 e. The van der Waals surface area contributed by atoms with Crippen molar-refractivity contribution >= 4 is 16.8 Å². The molecular weight excluding hydrogens is 312 g/mol. The first-order chi connectivity index (χ1) is 12.0. The average Bonchev–Trinajstić information content (AvgIpc) is 2.74. The van der Waals surface area contributed by atoms with Crippen LogP contribution in [0.5, 0.6) is 0 Å². The Morgan fingerprint density at radius 2 is 2.08 bits per heavy atom. The molecule has 1 aromatic heterocycles. The standard InChI is InChI=1S/C21H28N2O2/c1-21(2)13-15(10-11-25-21)22-20(24)14-8-9-19-17(12-14)16-6-4-3-5-7-18(16)23-19/h8-9,12,15,23H,3-7,10-11,13H2,1-2H3,(H,22,24)/t15-/m1/s1. The molecule has 4 rings (SSSR count). The minimum absolute atomic E-state index is 0.0353. The zero-order valence-electron chi connectivity index (χ0n) is 15.3. The number of hydrogen-bond acceptors (Lipinski definition) is 2. The van der Waals surface area contributed by atoms with Crippen molar-refractivity contribution in [1.82, 2.24) is 10.3 Å². The molecule has 2 aromatic rings. The van der Waals surface area contributed by atoms with Crippen LogP contribution in [-0.2, 0) is 17.6 Å². The highest BCUT2D eigenvalue weighted by molar-refractivity contribution is 5.99. The van der Waals surface area contributed by atoms with Crippen LogP contribution in [0.3, 0.4) is 0 Å². The van der Waals surface area contributed by atoms with E-state index in [4.69, 9.17) is 4.74 Å². The van der Waals surface area contributed by atoms with Gasteiger partial charge in [0.05, 0.1) is 5.60 Å². The van der Waals surface area contributed by atoms with Crippen molar-refractivity contribution in [3.05, 3.63) is 35.0 Å². The Bertz CT molecular complexity index is 791. The van der Waals surface area contributed by atoms with Gasteiger partial charge in [0.25, 0.3) is 5.91 Å². The highest BCUT2D eigenvalue weighted by Crippen LogP contribution is 2.29. The summed E-state index contributed by atoms with van der Waals surface area (Å²) in [5.41, 5.74) is 4.57. The molecule has 4 heteroatoms. The van der Waals surface area contributed by atoms with Gasteiger partial charge in [-0.1, -0.05) is 6.42 Å². The first kappa shape index (κ1) is 16.6. The van der Waals surface area contributed by atoms with Crippen molar-refractivity contribution in [2.24, 2.45) is 0 Å². The van der Waals surface area contributed by atoms with E-state index in [-0.39, 0.29) is 17.6 Å². The molecule has 1 atom stereocenters.